The van der Waals surface area contributed by atoms with E-state index in [9.17, 15) is 28.8 Å². The molecule has 1 aliphatic carbocycles. The molecule has 1 unspecified atom stereocenters. The summed E-state index contributed by atoms with van der Waals surface area (Å²) in [6.45, 7) is 10.0. The number of aromatic nitrogens is 3. The van der Waals surface area contributed by atoms with E-state index in [0.717, 1.165) is 85.7 Å². The maximum absolute atomic E-state index is 13.4. The molecule has 5 amide bonds. The van der Waals surface area contributed by atoms with Gasteiger partial charge in [0.2, 0.25) is 17.8 Å². The fourth-order valence-electron chi connectivity index (χ4n) is 9.95. The van der Waals surface area contributed by atoms with Crippen LogP contribution in [0.25, 0.3) is 10.9 Å². The molecule has 336 valence electrons. The first-order chi connectivity index (χ1) is 30.8. The number of anilines is 3. The van der Waals surface area contributed by atoms with Gasteiger partial charge in [0.25, 0.3) is 23.3 Å². The van der Waals surface area contributed by atoms with Gasteiger partial charge in [-0.25, -0.2) is 4.98 Å². The predicted molar refractivity (Wildman–Crippen MR) is 240 cm³/mol. The zero-order chi connectivity index (χ0) is 44.8. The molecule has 9 rings (SSSR count). The molecule has 1 saturated carbocycles. The van der Waals surface area contributed by atoms with Crippen LogP contribution in [0.15, 0.2) is 53.5 Å². The van der Waals surface area contributed by atoms with Gasteiger partial charge in [0.15, 0.2) is 18.2 Å². The molecular formula is C46H53ClN10O7. The van der Waals surface area contributed by atoms with E-state index >= 15 is 0 Å². The monoisotopic (exact) mass is 892 g/mol. The minimum absolute atomic E-state index is 0.0936. The summed E-state index contributed by atoms with van der Waals surface area (Å²) in [4.78, 5) is 93.5. The summed E-state index contributed by atoms with van der Waals surface area (Å²) in [7, 11) is 1.51. The second kappa shape index (κ2) is 17.9. The Balaban J connectivity index is 0.745. The van der Waals surface area contributed by atoms with E-state index in [2.05, 4.69) is 35.6 Å². The van der Waals surface area contributed by atoms with Gasteiger partial charge in [-0.1, -0.05) is 17.7 Å². The molecule has 4 fully saturated rings. The van der Waals surface area contributed by atoms with Crippen molar-refractivity contribution in [2.75, 3.05) is 69.7 Å². The van der Waals surface area contributed by atoms with Crippen molar-refractivity contribution in [1.82, 2.24) is 39.9 Å². The number of halogens is 1. The van der Waals surface area contributed by atoms with Crippen molar-refractivity contribution in [3.63, 3.8) is 0 Å². The number of likely N-dealkylation sites (N-methyl/N-ethyl adjacent to an activating group) is 1. The number of hydrogen-bond donors (Lipinski definition) is 3. The van der Waals surface area contributed by atoms with Crippen molar-refractivity contribution in [3.05, 3.63) is 80.7 Å². The summed E-state index contributed by atoms with van der Waals surface area (Å²) in [6, 6.07) is 12.3. The lowest BCUT2D eigenvalue weighted by molar-refractivity contribution is -0.136. The van der Waals surface area contributed by atoms with Gasteiger partial charge in [-0.3, -0.25) is 43.9 Å². The molecule has 4 aliphatic heterocycles. The number of amides is 5. The number of ether oxygens (including phenoxy) is 1. The Bertz CT molecular complexity index is 2580. The molecule has 2 aromatic carbocycles. The lowest BCUT2D eigenvalue weighted by Gasteiger charge is -2.47. The normalized spacial score (nSPS) is 22.2. The van der Waals surface area contributed by atoms with Crippen LogP contribution in [0.5, 0.6) is 5.75 Å². The van der Waals surface area contributed by atoms with Gasteiger partial charge in [0.1, 0.15) is 11.1 Å². The molecule has 17 nitrogen and oxygen atoms in total. The van der Waals surface area contributed by atoms with Gasteiger partial charge in [-0.2, -0.15) is 4.98 Å². The Morgan fingerprint density at radius 1 is 0.922 bits per heavy atom. The first-order valence-corrected chi connectivity index (χ1v) is 22.6. The molecule has 5 aliphatic rings. The minimum Gasteiger partial charge on any atom is -0.478 e. The van der Waals surface area contributed by atoms with Gasteiger partial charge < -0.3 is 29.7 Å². The van der Waals surface area contributed by atoms with Gasteiger partial charge >= 0.3 is 0 Å². The van der Waals surface area contributed by atoms with Crippen molar-refractivity contribution in [2.24, 2.45) is 5.92 Å². The summed E-state index contributed by atoms with van der Waals surface area (Å²) in [6.07, 6.45) is 6.18. The Hall–Kier alpha value is -5.91. The molecular weight excluding hydrogens is 840 g/mol. The SMILES string of the molecule is CNC(=O)COc1cc2cc(Nc3nc(N4CCN(CC5CC(N6CCC(c7ccc8c(c7)C(=O)N(C7CCC(=O)NC7=O)C8=O)CC6)C5)CC4)ncc3Cl)ccc2n(C(C)C)c1=O. The first kappa shape index (κ1) is 43.3. The molecule has 6 heterocycles. The van der Waals surface area contributed by atoms with E-state index in [1.807, 2.05) is 44.2 Å². The van der Waals surface area contributed by atoms with Crippen molar-refractivity contribution in [1.29, 1.82) is 0 Å². The Morgan fingerprint density at radius 3 is 2.39 bits per heavy atom. The fraction of sp³-hybridized carbons (Fsp3) is 0.478. The highest BCUT2D eigenvalue weighted by Crippen LogP contribution is 2.39. The first-order valence-electron chi connectivity index (χ1n) is 22.2. The second-order valence-corrected chi connectivity index (χ2v) is 18.3. The molecule has 2 aromatic heterocycles. The number of nitrogens with zero attached hydrogens (tertiary/aromatic N) is 7. The van der Waals surface area contributed by atoms with Gasteiger partial charge in [-0.15, -0.1) is 0 Å². The van der Waals surface area contributed by atoms with Crippen LogP contribution in [-0.4, -0.2) is 130 Å². The summed E-state index contributed by atoms with van der Waals surface area (Å²) in [5.74, 6) is -0.130. The van der Waals surface area contributed by atoms with E-state index in [1.165, 1.54) is 19.9 Å². The third kappa shape index (κ3) is 8.55. The number of hydrogen-bond acceptors (Lipinski definition) is 13. The van der Waals surface area contributed by atoms with Crippen molar-refractivity contribution < 1.29 is 28.7 Å². The number of fused-ring (bicyclic) bond motifs is 2. The molecule has 64 heavy (non-hydrogen) atoms. The molecule has 4 aromatic rings. The third-order valence-electron chi connectivity index (χ3n) is 13.5. The topological polar surface area (TPSA) is 191 Å². The number of imide groups is 2. The molecule has 1 atom stereocenters. The number of likely N-dealkylation sites (tertiary alicyclic amines) is 1. The average Bonchev–Trinajstić information content (AvgIpc) is 3.52. The number of carbonyl (C=O) groups is 5. The van der Waals surface area contributed by atoms with Gasteiger partial charge in [0, 0.05) is 69.3 Å². The molecule has 3 saturated heterocycles. The van der Waals surface area contributed by atoms with Crippen LogP contribution >= 0.6 is 11.6 Å². The van der Waals surface area contributed by atoms with Crippen LogP contribution in [0, 0.1) is 5.92 Å². The summed E-state index contributed by atoms with van der Waals surface area (Å²) in [5.41, 5.74) is 2.87. The van der Waals surface area contributed by atoms with Crippen molar-refractivity contribution >= 4 is 69.5 Å². The highest BCUT2D eigenvalue weighted by Gasteiger charge is 2.45. The summed E-state index contributed by atoms with van der Waals surface area (Å²) < 4.78 is 7.27. The van der Waals surface area contributed by atoms with E-state index in [-0.39, 0.29) is 48.6 Å². The zero-order valence-electron chi connectivity index (χ0n) is 36.3. The molecule has 0 radical (unpaired) electrons. The number of piperazine rings is 1. The van der Waals surface area contributed by atoms with E-state index in [4.69, 9.17) is 21.3 Å². The number of rotatable bonds is 12. The number of benzene rings is 2. The Labute approximate surface area is 375 Å². The average molecular weight is 893 g/mol. The summed E-state index contributed by atoms with van der Waals surface area (Å²) >= 11 is 6.61. The quantitative estimate of drug-likeness (QED) is 0.173. The largest absolute Gasteiger partial charge is 0.478 e. The highest BCUT2D eigenvalue weighted by atomic mass is 35.5. The zero-order valence-corrected chi connectivity index (χ0v) is 37.0. The Kier molecular flexibility index (Phi) is 12.1. The van der Waals surface area contributed by atoms with Crippen LogP contribution in [0.4, 0.5) is 17.5 Å². The minimum atomic E-state index is -0.963. The second-order valence-electron chi connectivity index (χ2n) is 17.8. The van der Waals surface area contributed by atoms with Crippen LogP contribution in [0.3, 0.4) is 0 Å². The molecule has 0 spiro atoms. The standard InChI is InChI=1S/C46H53ClN10O7/c1-26(2)56-36-7-5-31(20-30(36)22-38(45(56)63)64-25-40(59)48-3)50-41-35(47)23-49-46(52-41)55-16-14-53(15-17-55)24-27-18-32(19-27)54-12-10-28(11-13-54)29-4-6-33-34(21-29)44(62)57(43(33)61)37-8-9-39(58)51-42(37)60/h4-7,20-23,26-28,32,37H,8-19,24-25H2,1-3H3,(H,48,59)(H,49,50,52)(H,51,58,60). The number of carbonyl (C=O) groups excluding carboxylic acids is 5. The van der Waals surface area contributed by atoms with Crippen LogP contribution < -0.4 is 31.1 Å². The van der Waals surface area contributed by atoms with Crippen molar-refractivity contribution in [2.45, 2.75) is 76.4 Å². The highest BCUT2D eigenvalue weighted by molar-refractivity contribution is 6.33. The maximum Gasteiger partial charge on any atom is 0.293 e. The lowest BCUT2D eigenvalue weighted by Crippen LogP contribution is -2.54. The predicted octanol–water partition coefficient (Wildman–Crippen LogP) is 4.08. The van der Waals surface area contributed by atoms with Crippen LogP contribution in [-0.2, 0) is 14.4 Å². The number of pyridine rings is 1. The third-order valence-corrected chi connectivity index (χ3v) is 13.8. The maximum atomic E-state index is 13.4. The molecule has 0 bridgehead atoms. The molecule has 18 heteroatoms. The van der Waals surface area contributed by atoms with Gasteiger partial charge in [0.05, 0.1) is 22.8 Å². The number of piperidine rings is 2. The lowest BCUT2D eigenvalue weighted by atomic mass is 9.77. The van der Waals surface area contributed by atoms with E-state index in [1.54, 1.807) is 22.9 Å². The number of nitrogens with one attached hydrogen (secondary N) is 3. The van der Waals surface area contributed by atoms with E-state index < -0.39 is 23.8 Å². The summed E-state index contributed by atoms with van der Waals surface area (Å²) in [5, 5.41) is 9.24. The fourth-order valence-corrected chi connectivity index (χ4v) is 10.1. The van der Waals surface area contributed by atoms with Crippen LogP contribution in [0.2, 0.25) is 5.02 Å². The van der Waals surface area contributed by atoms with Crippen LogP contribution in [0.1, 0.15) is 90.6 Å². The van der Waals surface area contributed by atoms with Gasteiger partial charge in [-0.05, 0) is 113 Å². The molecule has 3 N–H and O–H groups in total. The van der Waals surface area contributed by atoms with Crippen molar-refractivity contribution in [3.8, 4) is 5.75 Å². The Morgan fingerprint density at radius 2 is 1.67 bits per heavy atom. The van der Waals surface area contributed by atoms with E-state index in [0.29, 0.717) is 45.8 Å². The smallest absolute Gasteiger partial charge is 0.293 e.